The zero-order chi connectivity index (χ0) is 17.1. The quantitative estimate of drug-likeness (QED) is 0.840. The van der Waals surface area contributed by atoms with Crippen molar-refractivity contribution >= 4 is 5.95 Å². The number of aromatic nitrogens is 4. The fourth-order valence-electron chi connectivity index (χ4n) is 3.40. The van der Waals surface area contributed by atoms with Crippen LogP contribution in [0.4, 0.5) is 5.95 Å². The zero-order valence-corrected chi connectivity index (χ0v) is 14.6. The summed E-state index contributed by atoms with van der Waals surface area (Å²) < 4.78 is 5.88. The van der Waals surface area contributed by atoms with Gasteiger partial charge in [0, 0.05) is 50.8 Å². The van der Waals surface area contributed by atoms with Crippen LogP contribution < -0.4 is 4.90 Å². The summed E-state index contributed by atoms with van der Waals surface area (Å²) in [6.07, 6.45) is 6.06. The van der Waals surface area contributed by atoms with Crippen molar-refractivity contribution in [3.05, 3.63) is 41.7 Å². The number of rotatable bonds is 4. The SMILES string of the molecule is Cc1ccnc([C@@H]2CN(Cc3ccnc(N4CCCC4)n3)CCO2)n1. The molecule has 2 aliphatic heterocycles. The molecule has 4 rings (SSSR count). The van der Waals surface area contributed by atoms with E-state index in [1.807, 2.05) is 25.3 Å². The van der Waals surface area contributed by atoms with Crippen LogP contribution in [-0.4, -0.2) is 57.6 Å². The minimum Gasteiger partial charge on any atom is -0.368 e. The van der Waals surface area contributed by atoms with Crippen LogP contribution in [0.1, 0.15) is 36.2 Å². The third-order valence-electron chi connectivity index (χ3n) is 4.73. The van der Waals surface area contributed by atoms with Crippen molar-refractivity contribution in [2.45, 2.75) is 32.4 Å². The van der Waals surface area contributed by atoms with Crippen molar-refractivity contribution in [1.29, 1.82) is 0 Å². The van der Waals surface area contributed by atoms with Crippen molar-refractivity contribution < 1.29 is 4.74 Å². The molecule has 2 aromatic heterocycles. The predicted octanol–water partition coefficient (Wildman–Crippen LogP) is 1.75. The molecule has 1 atom stereocenters. The summed E-state index contributed by atoms with van der Waals surface area (Å²) in [6.45, 7) is 7.27. The molecule has 0 amide bonds. The highest BCUT2D eigenvalue weighted by atomic mass is 16.5. The van der Waals surface area contributed by atoms with Crippen LogP contribution in [0.2, 0.25) is 0 Å². The fraction of sp³-hybridized carbons (Fsp3) is 0.556. The normalized spacial score (nSPS) is 21.6. The first kappa shape index (κ1) is 16.4. The van der Waals surface area contributed by atoms with Crippen LogP contribution >= 0.6 is 0 Å². The van der Waals surface area contributed by atoms with E-state index < -0.39 is 0 Å². The van der Waals surface area contributed by atoms with Gasteiger partial charge in [0.25, 0.3) is 0 Å². The van der Waals surface area contributed by atoms with Gasteiger partial charge < -0.3 is 9.64 Å². The molecule has 4 heterocycles. The molecule has 0 saturated carbocycles. The lowest BCUT2D eigenvalue weighted by Crippen LogP contribution is -2.38. The van der Waals surface area contributed by atoms with Gasteiger partial charge in [0.05, 0.1) is 12.3 Å². The van der Waals surface area contributed by atoms with Crippen LogP contribution in [0.25, 0.3) is 0 Å². The van der Waals surface area contributed by atoms with Gasteiger partial charge >= 0.3 is 0 Å². The van der Waals surface area contributed by atoms with Gasteiger partial charge in [0.15, 0.2) is 5.82 Å². The number of hydrogen-bond acceptors (Lipinski definition) is 7. The molecule has 0 N–H and O–H groups in total. The molecule has 0 aliphatic carbocycles. The molecule has 0 unspecified atom stereocenters. The van der Waals surface area contributed by atoms with Gasteiger partial charge in [-0.3, -0.25) is 4.90 Å². The Morgan fingerprint density at radius 3 is 2.76 bits per heavy atom. The lowest BCUT2D eigenvalue weighted by molar-refractivity contribution is -0.0376. The average molecular weight is 340 g/mol. The summed E-state index contributed by atoms with van der Waals surface area (Å²) in [5, 5.41) is 0. The Hall–Kier alpha value is -2.12. The summed E-state index contributed by atoms with van der Waals surface area (Å²) in [4.78, 5) is 22.7. The van der Waals surface area contributed by atoms with Crippen LogP contribution in [0, 0.1) is 6.92 Å². The molecule has 2 aliphatic rings. The molecule has 2 saturated heterocycles. The molecule has 7 heteroatoms. The largest absolute Gasteiger partial charge is 0.368 e. The van der Waals surface area contributed by atoms with E-state index in [0.717, 1.165) is 55.9 Å². The molecule has 0 spiro atoms. The Balaban J connectivity index is 1.43. The van der Waals surface area contributed by atoms with Crippen molar-refractivity contribution in [3.63, 3.8) is 0 Å². The second-order valence-electron chi connectivity index (χ2n) is 6.69. The average Bonchev–Trinajstić information content (AvgIpc) is 3.17. The number of hydrogen-bond donors (Lipinski definition) is 0. The molecule has 2 fully saturated rings. The van der Waals surface area contributed by atoms with E-state index in [0.29, 0.717) is 6.61 Å². The van der Waals surface area contributed by atoms with Crippen LogP contribution in [0.15, 0.2) is 24.5 Å². The monoisotopic (exact) mass is 340 g/mol. The van der Waals surface area contributed by atoms with Crippen molar-refractivity contribution in [2.75, 3.05) is 37.7 Å². The minimum absolute atomic E-state index is 0.0754. The number of morpholine rings is 1. The van der Waals surface area contributed by atoms with Gasteiger partial charge in [0.1, 0.15) is 6.10 Å². The highest BCUT2D eigenvalue weighted by Crippen LogP contribution is 2.21. The maximum atomic E-state index is 5.88. The smallest absolute Gasteiger partial charge is 0.225 e. The zero-order valence-electron chi connectivity index (χ0n) is 14.6. The second-order valence-corrected chi connectivity index (χ2v) is 6.69. The third-order valence-corrected chi connectivity index (χ3v) is 4.73. The molecule has 25 heavy (non-hydrogen) atoms. The Morgan fingerprint density at radius 2 is 1.92 bits per heavy atom. The Bertz CT molecular complexity index is 718. The fourth-order valence-corrected chi connectivity index (χ4v) is 3.40. The lowest BCUT2D eigenvalue weighted by Gasteiger charge is -2.32. The highest BCUT2D eigenvalue weighted by Gasteiger charge is 2.25. The molecule has 0 aromatic carbocycles. The molecule has 0 bridgehead atoms. The van der Waals surface area contributed by atoms with E-state index in [1.165, 1.54) is 12.8 Å². The number of nitrogens with zero attached hydrogens (tertiary/aromatic N) is 6. The first-order chi connectivity index (χ1) is 12.3. The molecule has 2 aromatic rings. The molecular weight excluding hydrogens is 316 g/mol. The maximum absolute atomic E-state index is 5.88. The van der Waals surface area contributed by atoms with Gasteiger partial charge in [-0.05, 0) is 31.9 Å². The minimum atomic E-state index is -0.0754. The van der Waals surface area contributed by atoms with Crippen LogP contribution in [0.3, 0.4) is 0 Å². The van der Waals surface area contributed by atoms with Gasteiger partial charge in [-0.15, -0.1) is 0 Å². The Morgan fingerprint density at radius 1 is 1.08 bits per heavy atom. The molecular formula is C18H24N6O. The summed E-state index contributed by atoms with van der Waals surface area (Å²) >= 11 is 0. The third kappa shape index (κ3) is 3.93. The van der Waals surface area contributed by atoms with Gasteiger partial charge in [-0.2, -0.15) is 0 Å². The van der Waals surface area contributed by atoms with Crippen LogP contribution in [0.5, 0.6) is 0 Å². The number of aryl methyl sites for hydroxylation is 1. The summed E-state index contributed by atoms with van der Waals surface area (Å²) in [7, 11) is 0. The van der Waals surface area contributed by atoms with Crippen molar-refractivity contribution in [2.24, 2.45) is 0 Å². The molecule has 132 valence electrons. The molecule has 7 nitrogen and oxygen atoms in total. The van der Waals surface area contributed by atoms with E-state index >= 15 is 0 Å². The van der Waals surface area contributed by atoms with E-state index in [4.69, 9.17) is 9.72 Å². The highest BCUT2D eigenvalue weighted by molar-refractivity contribution is 5.31. The maximum Gasteiger partial charge on any atom is 0.225 e. The first-order valence-corrected chi connectivity index (χ1v) is 8.98. The first-order valence-electron chi connectivity index (χ1n) is 8.98. The summed E-state index contributed by atoms with van der Waals surface area (Å²) in [5.41, 5.74) is 2.03. The van der Waals surface area contributed by atoms with E-state index in [9.17, 15) is 0 Å². The van der Waals surface area contributed by atoms with E-state index in [2.05, 4.69) is 24.8 Å². The summed E-state index contributed by atoms with van der Waals surface area (Å²) in [6, 6.07) is 3.91. The topological polar surface area (TPSA) is 67.3 Å². The second kappa shape index (κ2) is 7.41. The predicted molar refractivity (Wildman–Crippen MR) is 94.2 cm³/mol. The Kier molecular flexibility index (Phi) is 4.85. The van der Waals surface area contributed by atoms with E-state index in [1.54, 1.807) is 6.20 Å². The number of ether oxygens (including phenoxy) is 1. The van der Waals surface area contributed by atoms with Gasteiger partial charge in [0.2, 0.25) is 5.95 Å². The standard InChI is InChI=1S/C18H24N6O/c1-14-4-6-19-17(21-14)16-13-23(10-11-25-16)12-15-5-7-20-18(22-15)24-8-2-3-9-24/h4-7,16H,2-3,8-13H2,1H3/t16-/m0/s1. The molecule has 0 radical (unpaired) electrons. The van der Waals surface area contributed by atoms with Crippen molar-refractivity contribution in [1.82, 2.24) is 24.8 Å². The van der Waals surface area contributed by atoms with Gasteiger partial charge in [-0.1, -0.05) is 0 Å². The van der Waals surface area contributed by atoms with Crippen molar-refractivity contribution in [3.8, 4) is 0 Å². The van der Waals surface area contributed by atoms with Crippen LogP contribution in [-0.2, 0) is 11.3 Å². The summed E-state index contributed by atoms with van der Waals surface area (Å²) in [5.74, 6) is 1.63. The van der Waals surface area contributed by atoms with Gasteiger partial charge in [-0.25, -0.2) is 19.9 Å². The van der Waals surface area contributed by atoms with E-state index in [-0.39, 0.29) is 6.10 Å². The lowest BCUT2D eigenvalue weighted by atomic mass is 10.2. The number of anilines is 1. The Labute approximate surface area is 148 Å².